The molecule has 1 saturated heterocycles. The number of aromatic nitrogens is 2. The van der Waals surface area contributed by atoms with Gasteiger partial charge in [0.05, 0.1) is 18.6 Å². The summed E-state index contributed by atoms with van der Waals surface area (Å²) >= 11 is 0. The Morgan fingerprint density at radius 2 is 2.15 bits per heavy atom. The van der Waals surface area contributed by atoms with Crippen LogP contribution in [0.5, 0.6) is 5.75 Å². The fourth-order valence-corrected chi connectivity index (χ4v) is 2.40. The van der Waals surface area contributed by atoms with Crippen molar-refractivity contribution < 1.29 is 9.84 Å². The molecule has 0 aliphatic carbocycles. The van der Waals surface area contributed by atoms with E-state index in [9.17, 15) is 9.90 Å². The fraction of sp³-hybridized carbons (Fsp3) is 0.429. The maximum atomic E-state index is 12.0. The third-order valence-corrected chi connectivity index (χ3v) is 3.53. The van der Waals surface area contributed by atoms with Crippen molar-refractivity contribution >= 4 is 10.9 Å². The van der Waals surface area contributed by atoms with Crippen LogP contribution in [0.15, 0.2) is 23.0 Å². The second-order valence-corrected chi connectivity index (χ2v) is 4.89. The lowest BCUT2D eigenvalue weighted by Gasteiger charge is -2.26. The van der Waals surface area contributed by atoms with Gasteiger partial charge in [0, 0.05) is 26.1 Å². The molecule has 1 aliphatic rings. The van der Waals surface area contributed by atoms with Gasteiger partial charge in [0.1, 0.15) is 17.1 Å². The van der Waals surface area contributed by atoms with Crippen molar-refractivity contribution in [1.29, 1.82) is 0 Å². The Bertz CT molecular complexity index is 662. The average Bonchev–Trinajstić information content (AvgIpc) is 2.47. The van der Waals surface area contributed by atoms with Crippen LogP contribution in [0.25, 0.3) is 10.9 Å². The van der Waals surface area contributed by atoms with Crippen molar-refractivity contribution in [2.24, 2.45) is 0 Å². The zero-order valence-electron chi connectivity index (χ0n) is 11.1. The summed E-state index contributed by atoms with van der Waals surface area (Å²) in [4.78, 5) is 21.4. The van der Waals surface area contributed by atoms with Crippen LogP contribution in [0.3, 0.4) is 0 Å². The predicted octanol–water partition coefficient (Wildman–Crippen LogP) is 0.503. The maximum Gasteiger partial charge on any atom is 0.258 e. The number of aromatic hydroxyl groups is 1. The molecule has 0 atom stereocenters. The number of H-pyrrole nitrogens is 1. The molecule has 106 valence electrons. The van der Waals surface area contributed by atoms with Crippen LogP contribution >= 0.6 is 0 Å². The Hall–Kier alpha value is -1.92. The molecular weight excluding hydrogens is 258 g/mol. The van der Waals surface area contributed by atoms with Crippen molar-refractivity contribution in [2.75, 3.05) is 32.8 Å². The number of nitrogens with one attached hydrogen (secondary N) is 1. The molecule has 0 amide bonds. The van der Waals surface area contributed by atoms with Crippen molar-refractivity contribution in [2.45, 2.75) is 6.42 Å². The smallest absolute Gasteiger partial charge is 0.258 e. The van der Waals surface area contributed by atoms with Crippen LogP contribution in [0.1, 0.15) is 5.82 Å². The Balaban J connectivity index is 1.81. The van der Waals surface area contributed by atoms with Crippen molar-refractivity contribution in [1.82, 2.24) is 14.9 Å². The molecular formula is C14H17N3O3. The fourth-order valence-electron chi connectivity index (χ4n) is 2.40. The molecule has 6 nitrogen and oxygen atoms in total. The largest absolute Gasteiger partial charge is 0.506 e. The van der Waals surface area contributed by atoms with Crippen LogP contribution in [0, 0.1) is 0 Å². The third kappa shape index (κ3) is 2.66. The normalized spacial score (nSPS) is 16.6. The van der Waals surface area contributed by atoms with E-state index < -0.39 is 0 Å². The van der Waals surface area contributed by atoms with E-state index in [2.05, 4.69) is 14.9 Å². The molecule has 1 aliphatic heterocycles. The monoisotopic (exact) mass is 275 g/mol. The van der Waals surface area contributed by atoms with Gasteiger partial charge in [0.25, 0.3) is 5.56 Å². The van der Waals surface area contributed by atoms with Crippen LogP contribution in [0.4, 0.5) is 0 Å². The van der Waals surface area contributed by atoms with Gasteiger partial charge >= 0.3 is 0 Å². The van der Waals surface area contributed by atoms with Gasteiger partial charge in [0.15, 0.2) is 0 Å². The van der Waals surface area contributed by atoms with E-state index >= 15 is 0 Å². The minimum Gasteiger partial charge on any atom is -0.506 e. The van der Waals surface area contributed by atoms with E-state index in [-0.39, 0.29) is 11.3 Å². The quantitative estimate of drug-likeness (QED) is 0.853. The molecule has 0 unspecified atom stereocenters. The number of fused-ring (bicyclic) bond motifs is 1. The van der Waals surface area contributed by atoms with E-state index in [1.165, 1.54) is 0 Å². The van der Waals surface area contributed by atoms with E-state index in [4.69, 9.17) is 4.74 Å². The summed E-state index contributed by atoms with van der Waals surface area (Å²) in [5.74, 6) is 0.650. The molecule has 0 bridgehead atoms. The number of morpholine rings is 1. The Morgan fingerprint density at radius 3 is 2.95 bits per heavy atom. The van der Waals surface area contributed by atoms with Gasteiger partial charge in [-0.25, -0.2) is 4.98 Å². The lowest BCUT2D eigenvalue weighted by Crippen LogP contribution is -2.37. The average molecular weight is 275 g/mol. The van der Waals surface area contributed by atoms with E-state index in [1.54, 1.807) is 18.2 Å². The number of nitrogens with zero attached hydrogens (tertiary/aromatic N) is 2. The summed E-state index contributed by atoms with van der Waals surface area (Å²) in [6.45, 7) is 4.14. The highest BCUT2D eigenvalue weighted by Crippen LogP contribution is 2.19. The zero-order valence-corrected chi connectivity index (χ0v) is 11.1. The number of para-hydroxylation sites is 1. The van der Waals surface area contributed by atoms with Gasteiger partial charge in [-0.05, 0) is 12.1 Å². The standard InChI is InChI=1S/C14H17N3O3/c18-11-3-1-2-10-13(11)15-12(16-14(10)19)4-5-17-6-8-20-9-7-17/h1-3,18H,4-9H2,(H,15,16,19). The molecule has 0 radical (unpaired) electrons. The summed E-state index contributed by atoms with van der Waals surface area (Å²) in [6, 6.07) is 4.84. The summed E-state index contributed by atoms with van der Waals surface area (Å²) < 4.78 is 5.30. The predicted molar refractivity (Wildman–Crippen MR) is 75.0 cm³/mol. The summed E-state index contributed by atoms with van der Waals surface area (Å²) in [5.41, 5.74) is 0.163. The number of aromatic amines is 1. The van der Waals surface area contributed by atoms with E-state index in [1.807, 2.05) is 0 Å². The van der Waals surface area contributed by atoms with Crippen molar-refractivity contribution in [3.05, 3.63) is 34.4 Å². The highest BCUT2D eigenvalue weighted by atomic mass is 16.5. The SMILES string of the molecule is O=c1[nH]c(CCN2CCOCC2)nc2c(O)cccc12. The number of phenols is 1. The van der Waals surface area contributed by atoms with Crippen molar-refractivity contribution in [3.63, 3.8) is 0 Å². The maximum absolute atomic E-state index is 12.0. The molecule has 1 aromatic carbocycles. The van der Waals surface area contributed by atoms with Crippen LogP contribution in [-0.4, -0.2) is 52.8 Å². The van der Waals surface area contributed by atoms with Gasteiger partial charge < -0.3 is 14.8 Å². The van der Waals surface area contributed by atoms with Crippen LogP contribution in [-0.2, 0) is 11.2 Å². The Kier molecular flexibility index (Phi) is 3.66. The molecule has 2 heterocycles. The van der Waals surface area contributed by atoms with Gasteiger partial charge in [-0.3, -0.25) is 9.69 Å². The van der Waals surface area contributed by atoms with Crippen LogP contribution < -0.4 is 5.56 Å². The van der Waals surface area contributed by atoms with Gasteiger partial charge in [-0.15, -0.1) is 0 Å². The van der Waals surface area contributed by atoms with Gasteiger partial charge in [-0.1, -0.05) is 6.07 Å². The lowest BCUT2D eigenvalue weighted by molar-refractivity contribution is 0.0382. The number of hydrogen-bond acceptors (Lipinski definition) is 5. The summed E-state index contributed by atoms with van der Waals surface area (Å²) in [7, 11) is 0. The first kappa shape index (κ1) is 13.1. The number of ether oxygens (including phenoxy) is 1. The molecule has 0 saturated carbocycles. The number of hydrogen-bond donors (Lipinski definition) is 2. The van der Waals surface area contributed by atoms with E-state index in [0.29, 0.717) is 23.1 Å². The second kappa shape index (κ2) is 5.60. The van der Waals surface area contributed by atoms with Crippen molar-refractivity contribution in [3.8, 4) is 5.75 Å². The topological polar surface area (TPSA) is 78.5 Å². The molecule has 3 rings (SSSR count). The number of rotatable bonds is 3. The highest BCUT2D eigenvalue weighted by Gasteiger charge is 2.12. The van der Waals surface area contributed by atoms with E-state index in [0.717, 1.165) is 32.8 Å². The first-order chi connectivity index (χ1) is 9.74. The van der Waals surface area contributed by atoms with Gasteiger partial charge in [0.2, 0.25) is 0 Å². The lowest BCUT2D eigenvalue weighted by atomic mass is 10.2. The third-order valence-electron chi connectivity index (χ3n) is 3.53. The molecule has 20 heavy (non-hydrogen) atoms. The molecule has 0 spiro atoms. The second-order valence-electron chi connectivity index (χ2n) is 4.89. The Labute approximate surface area is 116 Å². The number of phenolic OH excluding ortho intramolecular Hbond substituents is 1. The molecule has 1 aromatic heterocycles. The summed E-state index contributed by atoms with van der Waals surface area (Å²) in [6.07, 6.45) is 0.652. The van der Waals surface area contributed by atoms with Crippen LogP contribution in [0.2, 0.25) is 0 Å². The first-order valence-corrected chi connectivity index (χ1v) is 6.75. The molecule has 1 fully saturated rings. The highest BCUT2D eigenvalue weighted by molar-refractivity contribution is 5.83. The van der Waals surface area contributed by atoms with Gasteiger partial charge in [-0.2, -0.15) is 0 Å². The molecule has 6 heteroatoms. The summed E-state index contributed by atoms with van der Waals surface area (Å²) in [5, 5.41) is 10.2. The number of benzene rings is 1. The zero-order chi connectivity index (χ0) is 13.9. The molecule has 2 N–H and O–H groups in total. The minimum absolute atomic E-state index is 0.0428. The first-order valence-electron chi connectivity index (χ1n) is 6.75. The Morgan fingerprint density at radius 1 is 1.35 bits per heavy atom. The minimum atomic E-state index is -0.206. The molecule has 2 aromatic rings.